The van der Waals surface area contributed by atoms with E-state index in [1.807, 2.05) is 0 Å². The Hall–Kier alpha value is -2.15. The number of rotatable bonds is 7. The number of aliphatic carboxylic acids is 1. The Morgan fingerprint density at radius 1 is 1.57 bits per heavy atom. The van der Waals surface area contributed by atoms with Gasteiger partial charge in [0.05, 0.1) is 4.92 Å². The molecule has 1 aromatic carbocycles. The van der Waals surface area contributed by atoms with Crippen molar-refractivity contribution in [1.82, 2.24) is 5.32 Å². The molecule has 1 atom stereocenters. The molecule has 1 saturated carbocycles. The van der Waals surface area contributed by atoms with Crippen LogP contribution in [-0.2, 0) is 4.79 Å². The van der Waals surface area contributed by atoms with Crippen LogP contribution in [0, 0.1) is 17.0 Å². The molecule has 7 heteroatoms. The second-order valence-corrected chi connectivity index (χ2v) is 5.55. The molecule has 114 valence electrons. The van der Waals surface area contributed by atoms with Crippen LogP contribution in [0.2, 0.25) is 0 Å². The molecule has 1 unspecified atom stereocenters. The number of non-ortho nitro benzene ring substituents is 1. The van der Waals surface area contributed by atoms with Crippen LogP contribution in [0.4, 0.5) is 5.69 Å². The lowest BCUT2D eigenvalue weighted by molar-refractivity contribution is -0.384. The van der Waals surface area contributed by atoms with Gasteiger partial charge in [-0.05, 0) is 38.3 Å². The van der Waals surface area contributed by atoms with Gasteiger partial charge < -0.3 is 9.84 Å². The van der Waals surface area contributed by atoms with Crippen LogP contribution in [0.3, 0.4) is 0 Å². The SMILES string of the molecule is Cc1cc([N+](=O)[O-])ccc1OCC(C)(NC1CC1)C(=O)O. The molecular weight excluding hydrogens is 276 g/mol. The second kappa shape index (κ2) is 5.69. The van der Waals surface area contributed by atoms with Crippen molar-refractivity contribution in [2.75, 3.05) is 6.61 Å². The number of nitrogens with zero attached hydrogens (tertiary/aromatic N) is 1. The fourth-order valence-corrected chi connectivity index (χ4v) is 1.97. The maximum atomic E-state index is 11.4. The highest BCUT2D eigenvalue weighted by Crippen LogP contribution is 2.26. The first-order chi connectivity index (χ1) is 9.82. The zero-order chi connectivity index (χ0) is 15.6. The lowest BCUT2D eigenvalue weighted by Crippen LogP contribution is -2.54. The van der Waals surface area contributed by atoms with E-state index in [1.165, 1.54) is 18.2 Å². The molecule has 1 aliphatic rings. The number of aryl methyl sites for hydroxylation is 1. The van der Waals surface area contributed by atoms with Crippen molar-refractivity contribution < 1.29 is 19.6 Å². The maximum absolute atomic E-state index is 11.4. The van der Waals surface area contributed by atoms with Gasteiger partial charge in [-0.1, -0.05) is 0 Å². The third-order valence-electron chi connectivity index (χ3n) is 3.46. The van der Waals surface area contributed by atoms with Gasteiger partial charge in [0.15, 0.2) is 0 Å². The molecule has 0 spiro atoms. The normalized spacial score (nSPS) is 17.0. The summed E-state index contributed by atoms with van der Waals surface area (Å²) >= 11 is 0. The summed E-state index contributed by atoms with van der Waals surface area (Å²) in [5.41, 5.74) is -0.588. The minimum atomic E-state index is -1.17. The molecule has 21 heavy (non-hydrogen) atoms. The van der Waals surface area contributed by atoms with Crippen molar-refractivity contribution in [2.24, 2.45) is 0 Å². The number of benzene rings is 1. The molecule has 0 aromatic heterocycles. The fourth-order valence-electron chi connectivity index (χ4n) is 1.97. The molecule has 0 saturated heterocycles. The predicted molar refractivity (Wildman–Crippen MR) is 75.5 cm³/mol. The molecule has 0 aliphatic heterocycles. The van der Waals surface area contributed by atoms with Crippen LogP contribution in [0.1, 0.15) is 25.3 Å². The number of carboxylic acids is 1. The Morgan fingerprint density at radius 3 is 2.71 bits per heavy atom. The average molecular weight is 294 g/mol. The summed E-state index contributed by atoms with van der Waals surface area (Å²) in [6.45, 7) is 3.22. The number of nitro groups is 1. The molecule has 0 radical (unpaired) electrons. The summed E-state index contributed by atoms with van der Waals surface area (Å²) in [6.07, 6.45) is 1.94. The largest absolute Gasteiger partial charge is 0.491 e. The quantitative estimate of drug-likeness (QED) is 0.588. The minimum Gasteiger partial charge on any atom is -0.491 e. The van der Waals surface area contributed by atoms with E-state index in [2.05, 4.69) is 5.32 Å². The molecule has 0 bridgehead atoms. The maximum Gasteiger partial charge on any atom is 0.327 e. The lowest BCUT2D eigenvalue weighted by Gasteiger charge is -2.26. The fraction of sp³-hybridized carbons (Fsp3) is 0.500. The number of carboxylic acid groups (broad SMARTS) is 1. The predicted octanol–water partition coefficient (Wildman–Crippen LogP) is 1.88. The third-order valence-corrected chi connectivity index (χ3v) is 3.46. The third kappa shape index (κ3) is 3.69. The van der Waals surface area contributed by atoms with Gasteiger partial charge in [0, 0.05) is 18.2 Å². The topological polar surface area (TPSA) is 102 Å². The second-order valence-electron chi connectivity index (χ2n) is 5.55. The Balaban J connectivity index is 2.06. The van der Waals surface area contributed by atoms with Gasteiger partial charge in [-0.2, -0.15) is 0 Å². The van der Waals surface area contributed by atoms with Gasteiger partial charge in [-0.15, -0.1) is 0 Å². The number of nitrogens with one attached hydrogen (secondary N) is 1. The molecule has 0 amide bonds. The van der Waals surface area contributed by atoms with Crippen LogP contribution < -0.4 is 10.1 Å². The van der Waals surface area contributed by atoms with Crippen LogP contribution in [0.15, 0.2) is 18.2 Å². The van der Waals surface area contributed by atoms with E-state index in [4.69, 9.17) is 4.74 Å². The molecule has 1 fully saturated rings. The van der Waals surface area contributed by atoms with E-state index in [-0.39, 0.29) is 18.3 Å². The molecule has 1 aliphatic carbocycles. The van der Waals surface area contributed by atoms with E-state index < -0.39 is 16.4 Å². The van der Waals surface area contributed by atoms with Gasteiger partial charge in [0.2, 0.25) is 0 Å². The first-order valence-electron chi connectivity index (χ1n) is 6.71. The number of hydrogen-bond donors (Lipinski definition) is 2. The van der Waals surface area contributed by atoms with Gasteiger partial charge in [-0.25, -0.2) is 0 Å². The summed E-state index contributed by atoms with van der Waals surface area (Å²) in [5.74, 6) is -0.528. The first kappa shape index (κ1) is 15.2. The number of carbonyl (C=O) groups is 1. The highest BCUT2D eigenvalue weighted by Gasteiger charge is 2.39. The van der Waals surface area contributed by atoms with Crippen molar-refractivity contribution in [2.45, 2.75) is 38.3 Å². The van der Waals surface area contributed by atoms with Crippen molar-refractivity contribution in [3.05, 3.63) is 33.9 Å². The Bertz CT molecular complexity index is 570. The Kier molecular flexibility index (Phi) is 4.13. The van der Waals surface area contributed by atoms with Gasteiger partial charge >= 0.3 is 5.97 Å². The zero-order valence-corrected chi connectivity index (χ0v) is 12.0. The standard InChI is InChI=1S/C14H18N2O5/c1-9-7-11(16(19)20)5-6-12(9)21-8-14(2,13(17)18)15-10-3-4-10/h5-7,10,15H,3-4,8H2,1-2H3,(H,17,18). The molecule has 1 aromatic rings. The summed E-state index contributed by atoms with van der Waals surface area (Å²) in [6, 6.07) is 4.47. The molecule has 0 heterocycles. The smallest absolute Gasteiger partial charge is 0.327 e. The van der Waals surface area contributed by atoms with Crippen LogP contribution >= 0.6 is 0 Å². The monoisotopic (exact) mass is 294 g/mol. The first-order valence-corrected chi connectivity index (χ1v) is 6.71. The van der Waals surface area contributed by atoms with Crippen LogP contribution in [0.25, 0.3) is 0 Å². The number of nitro benzene ring substituents is 1. The van der Waals surface area contributed by atoms with Gasteiger partial charge in [0.1, 0.15) is 17.9 Å². The lowest BCUT2D eigenvalue weighted by atomic mass is 10.0. The van der Waals surface area contributed by atoms with Crippen molar-refractivity contribution in [3.63, 3.8) is 0 Å². The highest BCUT2D eigenvalue weighted by molar-refractivity contribution is 5.78. The van der Waals surface area contributed by atoms with Crippen molar-refractivity contribution in [3.8, 4) is 5.75 Å². The number of hydrogen-bond acceptors (Lipinski definition) is 5. The van der Waals surface area contributed by atoms with Crippen LogP contribution in [0.5, 0.6) is 5.75 Å². The summed E-state index contributed by atoms with van der Waals surface area (Å²) in [4.78, 5) is 21.6. The molecular formula is C14H18N2O5. The molecule has 2 rings (SSSR count). The zero-order valence-electron chi connectivity index (χ0n) is 12.0. The van der Waals surface area contributed by atoms with Gasteiger partial charge in [-0.3, -0.25) is 20.2 Å². The van der Waals surface area contributed by atoms with Crippen molar-refractivity contribution >= 4 is 11.7 Å². The Morgan fingerprint density at radius 2 is 2.24 bits per heavy atom. The van der Waals surface area contributed by atoms with E-state index in [1.54, 1.807) is 13.8 Å². The van der Waals surface area contributed by atoms with E-state index in [9.17, 15) is 20.0 Å². The highest BCUT2D eigenvalue weighted by atomic mass is 16.6. The average Bonchev–Trinajstić information content (AvgIpc) is 3.20. The van der Waals surface area contributed by atoms with E-state index in [0.29, 0.717) is 11.3 Å². The summed E-state index contributed by atoms with van der Waals surface area (Å²) < 4.78 is 5.56. The van der Waals surface area contributed by atoms with E-state index >= 15 is 0 Å². The Labute approximate surface area is 122 Å². The molecule has 2 N–H and O–H groups in total. The minimum absolute atomic E-state index is 0.0167. The summed E-state index contributed by atoms with van der Waals surface area (Å²) in [5, 5.41) is 23.1. The van der Waals surface area contributed by atoms with Crippen LogP contribution in [-0.4, -0.2) is 34.2 Å². The number of ether oxygens (including phenoxy) is 1. The molecule has 7 nitrogen and oxygen atoms in total. The van der Waals surface area contributed by atoms with E-state index in [0.717, 1.165) is 12.8 Å². The summed E-state index contributed by atoms with van der Waals surface area (Å²) in [7, 11) is 0. The van der Waals surface area contributed by atoms with Gasteiger partial charge in [0.25, 0.3) is 5.69 Å². The van der Waals surface area contributed by atoms with Crippen molar-refractivity contribution in [1.29, 1.82) is 0 Å².